The molecule has 6 heteroatoms. The Bertz CT molecular complexity index is 366. The SMILES string of the molecule is C=C[C@H](C)[C@H](OCOC)[C@@H]1O[C@@H]1C(=O)CO[C@@H]1CCCCO1. The summed E-state index contributed by atoms with van der Waals surface area (Å²) in [6.45, 7) is 6.62. The van der Waals surface area contributed by atoms with Gasteiger partial charge in [-0.2, -0.15) is 0 Å². The second-order valence-corrected chi connectivity index (χ2v) is 5.73. The number of carbonyl (C=O) groups is 1. The standard InChI is InChI=1S/C16H26O6/c1-4-11(2)14(21-10-18-3)16-15(22-16)12(17)9-20-13-7-5-6-8-19-13/h4,11,13-16H,1,5-10H2,2-3H3/t11-,13+,14-,15+,16-/m0/s1. The zero-order valence-corrected chi connectivity index (χ0v) is 13.4. The first-order valence-corrected chi connectivity index (χ1v) is 7.81. The van der Waals surface area contributed by atoms with Crippen molar-refractivity contribution < 1.29 is 28.5 Å². The molecule has 0 bridgehead atoms. The largest absolute Gasteiger partial charge is 0.359 e. The van der Waals surface area contributed by atoms with Crippen LogP contribution in [0.25, 0.3) is 0 Å². The summed E-state index contributed by atoms with van der Waals surface area (Å²) in [5, 5.41) is 0. The molecule has 0 aromatic carbocycles. The van der Waals surface area contributed by atoms with E-state index in [4.69, 9.17) is 23.7 Å². The summed E-state index contributed by atoms with van der Waals surface area (Å²) in [5.74, 6) is 0.00185. The Morgan fingerprint density at radius 3 is 2.91 bits per heavy atom. The molecule has 0 aliphatic carbocycles. The first kappa shape index (κ1) is 17.6. The fraction of sp³-hybridized carbons (Fsp3) is 0.812. The Balaban J connectivity index is 1.75. The molecule has 6 nitrogen and oxygen atoms in total. The molecule has 2 aliphatic rings. The third-order valence-corrected chi connectivity index (χ3v) is 3.98. The van der Waals surface area contributed by atoms with E-state index < -0.39 is 6.10 Å². The van der Waals surface area contributed by atoms with E-state index >= 15 is 0 Å². The fourth-order valence-electron chi connectivity index (χ4n) is 2.56. The van der Waals surface area contributed by atoms with Gasteiger partial charge in [-0.25, -0.2) is 0 Å². The van der Waals surface area contributed by atoms with Gasteiger partial charge in [-0.05, 0) is 19.3 Å². The highest BCUT2D eigenvalue weighted by Crippen LogP contribution is 2.32. The number of rotatable bonds is 10. The van der Waals surface area contributed by atoms with Crippen LogP contribution in [0.5, 0.6) is 0 Å². The molecule has 0 spiro atoms. The Hall–Kier alpha value is -0.790. The second kappa shape index (κ2) is 8.74. The van der Waals surface area contributed by atoms with Crippen molar-refractivity contribution in [3.63, 3.8) is 0 Å². The monoisotopic (exact) mass is 314 g/mol. The Morgan fingerprint density at radius 1 is 1.45 bits per heavy atom. The summed E-state index contributed by atoms with van der Waals surface area (Å²) < 4.78 is 27.0. The van der Waals surface area contributed by atoms with E-state index in [1.54, 1.807) is 13.2 Å². The molecule has 0 radical (unpaired) electrons. The summed E-state index contributed by atoms with van der Waals surface area (Å²) >= 11 is 0. The van der Waals surface area contributed by atoms with Crippen molar-refractivity contribution in [2.45, 2.75) is 50.8 Å². The van der Waals surface area contributed by atoms with Gasteiger partial charge in [-0.15, -0.1) is 6.58 Å². The van der Waals surface area contributed by atoms with Gasteiger partial charge in [0.05, 0.1) is 6.10 Å². The molecule has 0 aromatic rings. The van der Waals surface area contributed by atoms with Crippen LogP contribution in [0.2, 0.25) is 0 Å². The molecule has 2 saturated heterocycles. The topological polar surface area (TPSA) is 66.5 Å². The molecular weight excluding hydrogens is 288 g/mol. The lowest BCUT2D eigenvalue weighted by molar-refractivity contribution is -0.169. The first-order chi connectivity index (χ1) is 10.7. The molecule has 0 saturated carbocycles. The van der Waals surface area contributed by atoms with Gasteiger partial charge in [0.15, 0.2) is 12.1 Å². The predicted octanol–water partition coefficient (Wildman–Crippen LogP) is 1.68. The third kappa shape index (κ3) is 4.86. The Morgan fingerprint density at radius 2 is 2.27 bits per heavy atom. The fourth-order valence-corrected chi connectivity index (χ4v) is 2.56. The molecule has 2 heterocycles. The molecule has 2 aliphatic heterocycles. The van der Waals surface area contributed by atoms with E-state index in [2.05, 4.69) is 6.58 Å². The van der Waals surface area contributed by atoms with Crippen molar-refractivity contribution in [1.29, 1.82) is 0 Å². The zero-order valence-electron chi connectivity index (χ0n) is 13.4. The number of ketones is 1. The van der Waals surface area contributed by atoms with E-state index in [0.717, 1.165) is 19.3 Å². The van der Waals surface area contributed by atoms with Crippen LogP contribution in [0.1, 0.15) is 26.2 Å². The maximum atomic E-state index is 12.1. The summed E-state index contributed by atoms with van der Waals surface area (Å²) in [6, 6.07) is 0. The number of Topliss-reactive ketones (excluding diaryl/α,β-unsaturated/α-hetero) is 1. The van der Waals surface area contributed by atoms with Gasteiger partial charge in [0.25, 0.3) is 0 Å². The average molecular weight is 314 g/mol. The Labute approximate surface area is 131 Å². The van der Waals surface area contributed by atoms with Gasteiger partial charge in [0.1, 0.15) is 25.6 Å². The lowest BCUT2D eigenvalue weighted by atomic mass is 9.99. The smallest absolute Gasteiger partial charge is 0.190 e. The van der Waals surface area contributed by atoms with Crippen molar-refractivity contribution in [3.8, 4) is 0 Å². The summed E-state index contributed by atoms with van der Waals surface area (Å²) in [5.41, 5.74) is 0. The number of epoxide rings is 1. The van der Waals surface area contributed by atoms with Crippen LogP contribution in [0, 0.1) is 5.92 Å². The van der Waals surface area contributed by atoms with Gasteiger partial charge >= 0.3 is 0 Å². The van der Waals surface area contributed by atoms with Gasteiger partial charge in [0.2, 0.25) is 0 Å². The third-order valence-electron chi connectivity index (χ3n) is 3.98. The van der Waals surface area contributed by atoms with Crippen LogP contribution in [-0.2, 0) is 28.5 Å². The van der Waals surface area contributed by atoms with Crippen molar-refractivity contribution >= 4 is 5.78 Å². The minimum atomic E-state index is -0.465. The maximum absolute atomic E-state index is 12.1. The molecule has 22 heavy (non-hydrogen) atoms. The van der Waals surface area contributed by atoms with Crippen LogP contribution < -0.4 is 0 Å². The minimum Gasteiger partial charge on any atom is -0.359 e. The summed E-state index contributed by atoms with van der Waals surface area (Å²) in [4.78, 5) is 12.1. The summed E-state index contributed by atoms with van der Waals surface area (Å²) in [7, 11) is 1.56. The highest BCUT2D eigenvalue weighted by Gasteiger charge is 2.51. The molecule has 2 fully saturated rings. The van der Waals surface area contributed by atoms with Crippen LogP contribution in [-0.4, -0.2) is 57.5 Å². The quantitative estimate of drug-likeness (QED) is 0.347. The minimum absolute atomic E-state index is 0.0191. The lowest BCUT2D eigenvalue weighted by Gasteiger charge is -2.22. The normalized spacial score (nSPS) is 30.5. The summed E-state index contributed by atoms with van der Waals surface area (Å²) in [6.07, 6.45) is 3.54. The number of methoxy groups -OCH3 is 1. The van der Waals surface area contributed by atoms with Gasteiger partial charge in [0, 0.05) is 19.6 Å². The Kier molecular flexibility index (Phi) is 6.98. The van der Waals surface area contributed by atoms with Crippen LogP contribution in [0.4, 0.5) is 0 Å². The molecular formula is C16H26O6. The van der Waals surface area contributed by atoms with Crippen molar-refractivity contribution in [3.05, 3.63) is 12.7 Å². The number of hydrogen-bond donors (Lipinski definition) is 0. The van der Waals surface area contributed by atoms with Gasteiger partial charge in [-0.1, -0.05) is 13.0 Å². The van der Waals surface area contributed by atoms with E-state index in [1.165, 1.54) is 0 Å². The van der Waals surface area contributed by atoms with E-state index in [0.29, 0.717) is 6.61 Å². The molecule has 0 aromatic heterocycles. The predicted molar refractivity (Wildman–Crippen MR) is 79.3 cm³/mol. The molecule has 0 amide bonds. The first-order valence-electron chi connectivity index (χ1n) is 7.81. The average Bonchev–Trinajstić information content (AvgIpc) is 3.34. The van der Waals surface area contributed by atoms with E-state index in [1.807, 2.05) is 6.92 Å². The molecule has 126 valence electrons. The maximum Gasteiger partial charge on any atom is 0.190 e. The highest BCUT2D eigenvalue weighted by molar-refractivity contribution is 5.87. The van der Waals surface area contributed by atoms with E-state index in [-0.39, 0.29) is 43.6 Å². The van der Waals surface area contributed by atoms with Crippen molar-refractivity contribution in [2.24, 2.45) is 5.92 Å². The van der Waals surface area contributed by atoms with Crippen molar-refractivity contribution in [2.75, 3.05) is 27.1 Å². The zero-order chi connectivity index (χ0) is 15.9. The number of hydrogen-bond acceptors (Lipinski definition) is 6. The van der Waals surface area contributed by atoms with Gasteiger partial charge < -0.3 is 23.7 Å². The molecule has 5 atom stereocenters. The number of ether oxygens (including phenoxy) is 5. The van der Waals surface area contributed by atoms with Crippen LogP contribution in [0.3, 0.4) is 0 Å². The van der Waals surface area contributed by atoms with Crippen LogP contribution in [0.15, 0.2) is 12.7 Å². The van der Waals surface area contributed by atoms with Crippen LogP contribution >= 0.6 is 0 Å². The lowest BCUT2D eigenvalue weighted by Crippen LogP contribution is -2.32. The molecule has 0 unspecified atom stereocenters. The second-order valence-electron chi connectivity index (χ2n) is 5.73. The van der Waals surface area contributed by atoms with Crippen molar-refractivity contribution in [1.82, 2.24) is 0 Å². The number of carbonyl (C=O) groups excluding carboxylic acids is 1. The van der Waals surface area contributed by atoms with Gasteiger partial charge in [-0.3, -0.25) is 4.79 Å². The van der Waals surface area contributed by atoms with E-state index in [9.17, 15) is 4.79 Å². The molecule has 0 N–H and O–H groups in total. The highest BCUT2D eigenvalue weighted by atomic mass is 16.7. The molecule has 2 rings (SSSR count).